The summed E-state index contributed by atoms with van der Waals surface area (Å²) in [7, 11) is 1.39. The summed E-state index contributed by atoms with van der Waals surface area (Å²) in [6.07, 6.45) is 0. The zero-order chi connectivity index (χ0) is 17.1. The number of hydrogen-bond donors (Lipinski definition) is 0. The highest BCUT2D eigenvalue weighted by Gasteiger charge is 2.20. The molecule has 3 aromatic rings. The van der Waals surface area contributed by atoms with Crippen molar-refractivity contribution in [3.05, 3.63) is 59.1 Å². The van der Waals surface area contributed by atoms with Gasteiger partial charge in [-0.25, -0.2) is 4.98 Å². The highest BCUT2D eigenvalue weighted by atomic mass is 35.5. The largest absolute Gasteiger partial charge is 0.468 e. The zero-order valence-corrected chi connectivity index (χ0v) is 15.0. The van der Waals surface area contributed by atoms with Crippen LogP contribution in [0, 0.1) is 0 Å². The number of methoxy groups -OCH3 is 1. The van der Waals surface area contributed by atoms with Crippen molar-refractivity contribution in [2.24, 2.45) is 0 Å². The molecule has 0 fully saturated rings. The summed E-state index contributed by atoms with van der Waals surface area (Å²) in [5.41, 5.74) is 2.97. The van der Waals surface area contributed by atoms with Crippen LogP contribution in [0.15, 0.2) is 53.7 Å². The number of thioether (sulfide) groups is 1. The lowest BCUT2D eigenvalue weighted by atomic mass is 10.2. The minimum atomic E-state index is -0.336. The molecule has 24 heavy (non-hydrogen) atoms. The smallest absolute Gasteiger partial charge is 0.318 e. The van der Waals surface area contributed by atoms with Crippen molar-refractivity contribution in [1.82, 2.24) is 9.55 Å². The monoisotopic (exact) mass is 360 g/mol. The summed E-state index contributed by atoms with van der Waals surface area (Å²) < 4.78 is 6.92. The standard InChI is InChI=1S/C18H17ClN2O2S/c1-12(17(22)23-2)24-18-20-15-10-14(19)8-9-16(15)21(18)11-13-6-4-3-5-7-13/h3-10,12H,11H2,1-2H3. The van der Waals surface area contributed by atoms with Crippen molar-refractivity contribution in [2.45, 2.75) is 23.9 Å². The van der Waals surface area contributed by atoms with Gasteiger partial charge in [0.15, 0.2) is 5.16 Å². The van der Waals surface area contributed by atoms with Gasteiger partial charge in [-0.2, -0.15) is 0 Å². The average Bonchev–Trinajstić information content (AvgIpc) is 2.91. The second-order valence-corrected chi connectivity index (χ2v) is 7.13. The molecule has 1 aromatic heterocycles. The van der Waals surface area contributed by atoms with Crippen LogP contribution in [0.2, 0.25) is 5.02 Å². The Kier molecular flexibility index (Phi) is 5.11. The normalized spacial score (nSPS) is 12.3. The van der Waals surface area contributed by atoms with Crippen molar-refractivity contribution in [3.63, 3.8) is 0 Å². The van der Waals surface area contributed by atoms with E-state index in [4.69, 9.17) is 16.3 Å². The number of carbonyl (C=O) groups excluding carboxylic acids is 1. The molecule has 0 aliphatic heterocycles. The summed E-state index contributed by atoms with van der Waals surface area (Å²) in [5.74, 6) is -0.267. The van der Waals surface area contributed by atoms with E-state index in [0.29, 0.717) is 11.6 Å². The van der Waals surface area contributed by atoms with Crippen LogP contribution in [0.25, 0.3) is 11.0 Å². The molecule has 0 bridgehead atoms. The van der Waals surface area contributed by atoms with E-state index < -0.39 is 0 Å². The van der Waals surface area contributed by atoms with E-state index in [9.17, 15) is 4.79 Å². The Morgan fingerprint density at radius 2 is 2.04 bits per heavy atom. The van der Waals surface area contributed by atoms with Gasteiger partial charge in [-0.05, 0) is 30.7 Å². The predicted molar refractivity (Wildman–Crippen MR) is 97.6 cm³/mol. The number of aromatic nitrogens is 2. The fourth-order valence-corrected chi connectivity index (χ4v) is 3.58. The Hall–Kier alpha value is -1.98. The number of rotatable bonds is 5. The maximum atomic E-state index is 11.8. The number of benzene rings is 2. The molecule has 0 amide bonds. The van der Waals surface area contributed by atoms with Gasteiger partial charge < -0.3 is 9.30 Å². The summed E-state index contributed by atoms with van der Waals surface area (Å²) in [6, 6.07) is 15.8. The summed E-state index contributed by atoms with van der Waals surface area (Å²) in [4.78, 5) is 16.4. The molecular formula is C18H17ClN2O2S. The number of imidazole rings is 1. The Labute approximate surface area is 149 Å². The molecule has 0 aliphatic rings. The summed E-state index contributed by atoms with van der Waals surface area (Å²) in [5, 5.41) is 1.08. The molecule has 4 nitrogen and oxygen atoms in total. The van der Waals surface area contributed by atoms with E-state index >= 15 is 0 Å². The minimum absolute atomic E-state index is 0.267. The third kappa shape index (κ3) is 3.57. The maximum absolute atomic E-state index is 11.8. The van der Waals surface area contributed by atoms with Crippen LogP contribution >= 0.6 is 23.4 Å². The van der Waals surface area contributed by atoms with Gasteiger partial charge in [0.25, 0.3) is 0 Å². The molecule has 0 saturated heterocycles. The first-order chi connectivity index (χ1) is 11.6. The quantitative estimate of drug-likeness (QED) is 0.500. The highest BCUT2D eigenvalue weighted by molar-refractivity contribution is 8.00. The van der Waals surface area contributed by atoms with Gasteiger partial charge in [0.2, 0.25) is 0 Å². The van der Waals surface area contributed by atoms with Gasteiger partial charge in [0.1, 0.15) is 5.25 Å². The van der Waals surface area contributed by atoms with Gasteiger partial charge in [0.05, 0.1) is 24.7 Å². The molecule has 1 atom stereocenters. The lowest BCUT2D eigenvalue weighted by molar-refractivity contribution is -0.139. The van der Waals surface area contributed by atoms with E-state index in [0.717, 1.165) is 16.2 Å². The van der Waals surface area contributed by atoms with Crippen molar-refractivity contribution in [1.29, 1.82) is 0 Å². The first-order valence-corrected chi connectivity index (χ1v) is 8.78. The Morgan fingerprint density at radius 1 is 1.29 bits per heavy atom. The Bertz CT molecular complexity index is 864. The van der Waals surface area contributed by atoms with Crippen LogP contribution in [0.4, 0.5) is 0 Å². The van der Waals surface area contributed by atoms with Crippen molar-refractivity contribution >= 4 is 40.4 Å². The molecule has 0 radical (unpaired) electrons. The van der Waals surface area contributed by atoms with Crippen LogP contribution in [-0.2, 0) is 16.1 Å². The zero-order valence-electron chi connectivity index (χ0n) is 13.4. The lowest BCUT2D eigenvalue weighted by Gasteiger charge is -2.12. The first-order valence-electron chi connectivity index (χ1n) is 7.52. The average molecular weight is 361 g/mol. The highest BCUT2D eigenvalue weighted by Crippen LogP contribution is 2.30. The molecule has 0 spiro atoms. The second kappa shape index (κ2) is 7.28. The van der Waals surface area contributed by atoms with E-state index in [1.807, 2.05) is 43.3 Å². The number of nitrogens with zero attached hydrogens (tertiary/aromatic N) is 2. The third-order valence-corrected chi connectivity index (χ3v) is 4.98. The van der Waals surface area contributed by atoms with Crippen LogP contribution in [0.1, 0.15) is 12.5 Å². The van der Waals surface area contributed by atoms with Crippen molar-refractivity contribution in [2.75, 3.05) is 7.11 Å². The van der Waals surface area contributed by atoms with E-state index in [1.54, 1.807) is 0 Å². The third-order valence-electron chi connectivity index (χ3n) is 3.67. The van der Waals surface area contributed by atoms with Gasteiger partial charge in [-0.15, -0.1) is 0 Å². The first kappa shape index (κ1) is 16.9. The Morgan fingerprint density at radius 3 is 2.75 bits per heavy atom. The minimum Gasteiger partial charge on any atom is -0.468 e. The van der Waals surface area contributed by atoms with Crippen LogP contribution in [-0.4, -0.2) is 27.9 Å². The number of fused-ring (bicyclic) bond motifs is 1. The molecule has 2 aromatic carbocycles. The van der Waals surface area contributed by atoms with Gasteiger partial charge in [-0.3, -0.25) is 4.79 Å². The van der Waals surface area contributed by atoms with Gasteiger partial charge >= 0.3 is 5.97 Å². The molecule has 0 N–H and O–H groups in total. The van der Waals surface area contributed by atoms with E-state index in [2.05, 4.69) is 21.7 Å². The molecule has 0 saturated carbocycles. The number of carbonyl (C=O) groups is 1. The van der Waals surface area contributed by atoms with Gasteiger partial charge in [0, 0.05) is 5.02 Å². The molecule has 6 heteroatoms. The van der Waals surface area contributed by atoms with Crippen molar-refractivity contribution in [3.8, 4) is 0 Å². The topological polar surface area (TPSA) is 44.1 Å². The SMILES string of the molecule is COC(=O)C(C)Sc1nc2cc(Cl)ccc2n1Cc1ccccc1. The molecule has 3 rings (SSSR count). The lowest BCUT2D eigenvalue weighted by Crippen LogP contribution is -2.15. The molecular weight excluding hydrogens is 344 g/mol. The number of esters is 1. The second-order valence-electron chi connectivity index (χ2n) is 5.38. The van der Waals surface area contributed by atoms with Crippen LogP contribution in [0.5, 0.6) is 0 Å². The van der Waals surface area contributed by atoms with E-state index in [1.165, 1.54) is 24.4 Å². The molecule has 1 unspecified atom stereocenters. The molecule has 0 aliphatic carbocycles. The van der Waals surface area contributed by atoms with Crippen LogP contribution < -0.4 is 0 Å². The molecule has 124 valence electrons. The molecule has 1 heterocycles. The summed E-state index contributed by atoms with van der Waals surface area (Å²) in [6.45, 7) is 2.49. The number of ether oxygens (including phenoxy) is 1. The number of halogens is 1. The predicted octanol–water partition coefficient (Wildman–Crippen LogP) is 4.39. The fraction of sp³-hybridized carbons (Fsp3) is 0.222. The fourth-order valence-electron chi connectivity index (χ4n) is 2.46. The van der Waals surface area contributed by atoms with Crippen LogP contribution in [0.3, 0.4) is 0 Å². The summed E-state index contributed by atoms with van der Waals surface area (Å²) >= 11 is 7.48. The van der Waals surface area contributed by atoms with Crippen molar-refractivity contribution < 1.29 is 9.53 Å². The Balaban J connectivity index is 2.02. The maximum Gasteiger partial charge on any atom is 0.318 e. The van der Waals surface area contributed by atoms with Gasteiger partial charge in [-0.1, -0.05) is 53.7 Å². The number of hydrogen-bond acceptors (Lipinski definition) is 4. The van der Waals surface area contributed by atoms with E-state index in [-0.39, 0.29) is 11.2 Å².